The van der Waals surface area contributed by atoms with Crippen molar-refractivity contribution in [3.63, 3.8) is 0 Å². The molecule has 0 aliphatic heterocycles. The Morgan fingerprint density at radius 3 is 2.82 bits per heavy atom. The summed E-state index contributed by atoms with van der Waals surface area (Å²) in [5, 5.41) is 7.13. The molecule has 0 spiro atoms. The summed E-state index contributed by atoms with van der Waals surface area (Å²) in [5.74, 6) is -1.28. The fourth-order valence-corrected chi connectivity index (χ4v) is 2.10. The van der Waals surface area contributed by atoms with E-state index in [9.17, 15) is 8.78 Å². The largest absolute Gasteiger partial charge is 0.314 e. The first kappa shape index (κ1) is 12.2. The predicted octanol–water partition coefficient (Wildman–Crippen LogP) is 2.63. The minimum absolute atomic E-state index is 0.203. The maximum absolute atomic E-state index is 13.6. The Hall–Kier alpha value is -1.27. The van der Waals surface area contributed by atoms with Crippen molar-refractivity contribution >= 4 is 15.9 Å². The summed E-state index contributed by atoms with van der Waals surface area (Å²) in [4.78, 5) is 0. The third-order valence-electron chi connectivity index (χ3n) is 2.21. The van der Waals surface area contributed by atoms with Gasteiger partial charge in [-0.2, -0.15) is 5.10 Å². The van der Waals surface area contributed by atoms with Gasteiger partial charge in [0.1, 0.15) is 11.5 Å². The maximum Gasteiger partial charge on any atom is 0.152 e. The molecule has 0 unspecified atom stereocenters. The number of hydrogen-bond donors (Lipinski definition) is 1. The number of rotatable bonds is 3. The number of hydrogen-bond acceptors (Lipinski definition) is 2. The molecule has 2 aromatic rings. The molecule has 3 nitrogen and oxygen atoms in total. The van der Waals surface area contributed by atoms with Crippen LogP contribution in [0, 0.1) is 11.6 Å². The fourth-order valence-electron chi connectivity index (χ4n) is 1.52. The lowest BCUT2D eigenvalue weighted by molar-refractivity contribution is 0.571. The average molecular weight is 302 g/mol. The van der Waals surface area contributed by atoms with Crippen LogP contribution < -0.4 is 5.32 Å². The van der Waals surface area contributed by atoms with Crippen LogP contribution in [0.15, 0.2) is 28.9 Å². The number of aromatic nitrogens is 2. The lowest BCUT2D eigenvalue weighted by Gasteiger charge is -2.06. The van der Waals surface area contributed by atoms with Crippen LogP contribution in [0.4, 0.5) is 8.78 Å². The van der Waals surface area contributed by atoms with Crippen LogP contribution in [0.1, 0.15) is 5.69 Å². The molecular formula is C11H10BrF2N3. The summed E-state index contributed by atoms with van der Waals surface area (Å²) >= 11 is 3.13. The van der Waals surface area contributed by atoms with Gasteiger partial charge in [0.25, 0.3) is 0 Å². The number of benzene rings is 1. The van der Waals surface area contributed by atoms with Gasteiger partial charge in [0.15, 0.2) is 5.82 Å². The summed E-state index contributed by atoms with van der Waals surface area (Å²) in [6.07, 6.45) is 1.63. The number of nitrogens with zero attached hydrogens (tertiary/aromatic N) is 2. The Kier molecular flexibility index (Phi) is 3.54. The van der Waals surface area contributed by atoms with Gasteiger partial charge in [-0.1, -0.05) is 0 Å². The Balaban J connectivity index is 2.45. The minimum Gasteiger partial charge on any atom is -0.314 e. The summed E-state index contributed by atoms with van der Waals surface area (Å²) in [6, 6.07) is 3.81. The standard InChI is InChI=1S/C11H10BrF2N3/c1-15-6-8-2-3-17(16-8)11-9(12)4-7(13)5-10(11)14/h2-5,15H,6H2,1H3. The zero-order valence-corrected chi connectivity index (χ0v) is 10.6. The van der Waals surface area contributed by atoms with Gasteiger partial charge >= 0.3 is 0 Å². The Bertz CT molecular complexity index is 516. The second-order valence-corrected chi connectivity index (χ2v) is 4.35. The average Bonchev–Trinajstić information content (AvgIpc) is 2.65. The third kappa shape index (κ3) is 2.53. The summed E-state index contributed by atoms with van der Waals surface area (Å²) in [6.45, 7) is 0.591. The van der Waals surface area contributed by atoms with E-state index in [0.29, 0.717) is 11.0 Å². The highest BCUT2D eigenvalue weighted by Gasteiger charge is 2.12. The van der Waals surface area contributed by atoms with E-state index >= 15 is 0 Å². The topological polar surface area (TPSA) is 29.9 Å². The minimum atomic E-state index is -0.656. The summed E-state index contributed by atoms with van der Waals surface area (Å²) < 4.78 is 28.3. The SMILES string of the molecule is CNCc1ccn(-c2c(F)cc(F)cc2Br)n1. The highest BCUT2D eigenvalue weighted by molar-refractivity contribution is 9.10. The Labute approximate surface area is 106 Å². The number of nitrogens with one attached hydrogen (secondary N) is 1. The predicted molar refractivity (Wildman–Crippen MR) is 63.9 cm³/mol. The summed E-state index contributed by atoms with van der Waals surface area (Å²) in [7, 11) is 1.80. The molecule has 1 N–H and O–H groups in total. The van der Waals surface area contributed by atoms with Gasteiger partial charge in [0.2, 0.25) is 0 Å². The second kappa shape index (κ2) is 4.93. The third-order valence-corrected chi connectivity index (χ3v) is 2.82. The van der Waals surface area contributed by atoms with E-state index in [1.54, 1.807) is 19.3 Å². The van der Waals surface area contributed by atoms with Gasteiger partial charge in [-0.25, -0.2) is 13.5 Å². The lowest BCUT2D eigenvalue weighted by atomic mass is 10.3. The van der Waals surface area contributed by atoms with Gasteiger partial charge in [-0.05, 0) is 35.1 Å². The number of halogens is 3. The van der Waals surface area contributed by atoms with E-state index in [-0.39, 0.29) is 5.69 Å². The zero-order chi connectivity index (χ0) is 12.4. The van der Waals surface area contributed by atoms with E-state index in [1.165, 1.54) is 10.7 Å². The second-order valence-electron chi connectivity index (χ2n) is 3.50. The normalized spacial score (nSPS) is 10.8. The van der Waals surface area contributed by atoms with Crippen LogP contribution in [0.3, 0.4) is 0 Å². The van der Waals surface area contributed by atoms with Crippen molar-refractivity contribution in [1.82, 2.24) is 15.1 Å². The fraction of sp³-hybridized carbons (Fsp3) is 0.182. The van der Waals surface area contributed by atoms with Crippen molar-refractivity contribution in [1.29, 1.82) is 0 Å². The molecule has 1 heterocycles. The molecule has 0 atom stereocenters. The van der Waals surface area contributed by atoms with E-state index < -0.39 is 11.6 Å². The van der Waals surface area contributed by atoms with Crippen molar-refractivity contribution in [3.8, 4) is 5.69 Å². The van der Waals surface area contributed by atoms with Gasteiger partial charge in [-0.15, -0.1) is 0 Å². The van der Waals surface area contributed by atoms with Crippen molar-refractivity contribution < 1.29 is 8.78 Å². The van der Waals surface area contributed by atoms with E-state index in [2.05, 4.69) is 26.3 Å². The molecule has 6 heteroatoms. The van der Waals surface area contributed by atoms with E-state index in [1.807, 2.05) is 0 Å². The van der Waals surface area contributed by atoms with Crippen molar-refractivity contribution in [2.75, 3.05) is 7.05 Å². The molecule has 17 heavy (non-hydrogen) atoms. The van der Waals surface area contributed by atoms with Crippen molar-refractivity contribution in [2.24, 2.45) is 0 Å². The van der Waals surface area contributed by atoms with Gasteiger partial charge in [-0.3, -0.25) is 0 Å². The molecule has 0 bridgehead atoms. The van der Waals surface area contributed by atoms with E-state index in [0.717, 1.165) is 11.8 Å². The van der Waals surface area contributed by atoms with Crippen LogP contribution in [-0.2, 0) is 6.54 Å². The highest BCUT2D eigenvalue weighted by atomic mass is 79.9. The van der Waals surface area contributed by atoms with Crippen LogP contribution in [0.2, 0.25) is 0 Å². The molecule has 2 rings (SSSR count). The molecule has 0 aliphatic carbocycles. The van der Waals surface area contributed by atoms with Crippen molar-refractivity contribution in [3.05, 3.63) is 46.2 Å². The smallest absolute Gasteiger partial charge is 0.152 e. The van der Waals surface area contributed by atoms with Crippen LogP contribution in [0.5, 0.6) is 0 Å². The van der Waals surface area contributed by atoms with Crippen LogP contribution in [0.25, 0.3) is 5.69 Å². The molecule has 0 aliphatic rings. The molecule has 0 saturated heterocycles. The molecule has 1 aromatic carbocycles. The van der Waals surface area contributed by atoms with Crippen molar-refractivity contribution in [2.45, 2.75) is 6.54 Å². The van der Waals surface area contributed by atoms with Crippen LogP contribution >= 0.6 is 15.9 Å². The monoisotopic (exact) mass is 301 g/mol. The van der Waals surface area contributed by atoms with Gasteiger partial charge in [0.05, 0.1) is 5.69 Å². The first-order valence-electron chi connectivity index (χ1n) is 4.96. The first-order valence-corrected chi connectivity index (χ1v) is 5.75. The Morgan fingerprint density at radius 2 is 2.18 bits per heavy atom. The van der Waals surface area contributed by atoms with Gasteiger partial charge in [0, 0.05) is 23.3 Å². The molecule has 90 valence electrons. The lowest BCUT2D eigenvalue weighted by Crippen LogP contribution is -2.07. The molecule has 0 radical (unpaired) electrons. The molecule has 0 fully saturated rings. The maximum atomic E-state index is 13.6. The Morgan fingerprint density at radius 1 is 1.41 bits per heavy atom. The zero-order valence-electron chi connectivity index (χ0n) is 9.04. The van der Waals surface area contributed by atoms with Crippen LogP contribution in [-0.4, -0.2) is 16.8 Å². The molecular weight excluding hydrogens is 292 g/mol. The summed E-state index contributed by atoms with van der Waals surface area (Å²) in [5.41, 5.74) is 0.983. The molecule has 1 aromatic heterocycles. The molecule has 0 saturated carbocycles. The first-order chi connectivity index (χ1) is 8.11. The van der Waals surface area contributed by atoms with E-state index in [4.69, 9.17) is 0 Å². The highest BCUT2D eigenvalue weighted by Crippen LogP contribution is 2.25. The molecule has 0 amide bonds. The quantitative estimate of drug-likeness (QED) is 0.944. The van der Waals surface area contributed by atoms with Gasteiger partial charge < -0.3 is 5.32 Å².